The molecule has 0 atom stereocenters. The molecule has 0 aliphatic carbocycles. The van der Waals surface area contributed by atoms with Crippen LogP contribution in [0.3, 0.4) is 0 Å². The van der Waals surface area contributed by atoms with E-state index in [0.717, 1.165) is 34.2 Å². The Hall–Kier alpha value is -3.80. The van der Waals surface area contributed by atoms with E-state index >= 15 is 0 Å². The third-order valence-corrected chi connectivity index (χ3v) is 8.85. The van der Waals surface area contributed by atoms with Gasteiger partial charge in [-0.3, -0.25) is 4.79 Å². The average Bonchev–Trinajstić information content (AvgIpc) is 3.39. The first-order chi connectivity index (χ1) is 19.1. The van der Waals surface area contributed by atoms with Crippen LogP contribution < -0.4 is 10.2 Å². The highest BCUT2D eigenvalue weighted by Gasteiger charge is 2.22. The van der Waals surface area contributed by atoms with Gasteiger partial charge in [-0.1, -0.05) is 48.5 Å². The van der Waals surface area contributed by atoms with Crippen LogP contribution >= 0.6 is 11.3 Å². The van der Waals surface area contributed by atoms with Crippen LogP contribution in [-0.2, 0) is 13.0 Å². The number of fused-ring (bicyclic) bond motifs is 1. The van der Waals surface area contributed by atoms with Gasteiger partial charge in [0, 0.05) is 22.4 Å². The highest BCUT2D eigenvalue weighted by atomic mass is 32.1. The fraction of sp³-hybridized carbons (Fsp3) is 0.235. The lowest BCUT2D eigenvalue weighted by Gasteiger charge is -2.29. The van der Waals surface area contributed by atoms with Gasteiger partial charge in [-0.25, -0.2) is 4.98 Å². The Morgan fingerprint density at radius 1 is 0.897 bits per heavy atom. The summed E-state index contributed by atoms with van der Waals surface area (Å²) in [7, 11) is 0. The zero-order valence-electron chi connectivity index (χ0n) is 22.3. The van der Waals surface area contributed by atoms with Gasteiger partial charge >= 0.3 is 0 Å². The van der Waals surface area contributed by atoms with Crippen molar-refractivity contribution < 1.29 is 9.69 Å². The minimum absolute atomic E-state index is 0.0844. The number of quaternary nitrogens is 1. The summed E-state index contributed by atoms with van der Waals surface area (Å²) in [5.74, 6) is 0.709. The molecule has 1 amide bonds. The first-order valence-electron chi connectivity index (χ1n) is 13.8. The predicted octanol–water partition coefficient (Wildman–Crippen LogP) is 6.56. The Balaban J connectivity index is 1.01. The van der Waals surface area contributed by atoms with Crippen LogP contribution in [0.25, 0.3) is 20.8 Å². The molecular weight excluding hydrogens is 498 g/mol. The second kappa shape index (κ2) is 11.5. The van der Waals surface area contributed by atoms with E-state index in [9.17, 15) is 4.79 Å². The molecule has 39 heavy (non-hydrogen) atoms. The van der Waals surface area contributed by atoms with Crippen molar-refractivity contribution in [3.05, 3.63) is 119 Å². The number of nitrogens with zero attached hydrogens (tertiary/aromatic N) is 1. The van der Waals surface area contributed by atoms with Crippen molar-refractivity contribution in [3.8, 4) is 10.6 Å². The monoisotopic (exact) mass is 532 g/mol. The molecule has 5 aromatic rings. The summed E-state index contributed by atoms with van der Waals surface area (Å²) in [6, 6.07) is 33.3. The number of piperidine rings is 1. The summed E-state index contributed by atoms with van der Waals surface area (Å²) in [5.41, 5.74) is 7.54. The SMILES string of the molecule is Cc1ccc2nc(-c3ccc(NC(=O)c4ccc(C[NH+]5CCC(Cc6ccccc6)CC5)cc4)cc3)sc2c1. The number of hydrogen-bond acceptors (Lipinski definition) is 3. The zero-order valence-corrected chi connectivity index (χ0v) is 23.1. The molecule has 1 aromatic heterocycles. The number of nitrogens with one attached hydrogen (secondary N) is 2. The number of anilines is 1. The number of amides is 1. The molecule has 4 nitrogen and oxygen atoms in total. The first-order valence-corrected chi connectivity index (χ1v) is 14.7. The molecule has 4 aromatic carbocycles. The van der Waals surface area contributed by atoms with E-state index in [4.69, 9.17) is 4.98 Å². The number of thiazole rings is 1. The lowest BCUT2D eigenvalue weighted by atomic mass is 9.90. The Morgan fingerprint density at radius 3 is 2.38 bits per heavy atom. The van der Waals surface area contributed by atoms with Crippen LogP contribution in [0.5, 0.6) is 0 Å². The van der Waals surface area contributed by atoms with Crippen LogP contribution in [0.15, 0.2) is 97.1 Å². The maximum Gasteiger partial charge on any atom is 0.255 e. The Bertz CT molecular complexity index is 1550. The number of carbonyl (C=O) groups excluding carboxylic acids is 1. The summed E-state index contributed by atoms with van der Waals surface area (Å²) in [5, 5.41) is 4.03. The largest absolute Gasteiger partial charge is 0.331 e. The van der Waals surface area contributed by atoms with E-state index in [1.807, 2.05) is 36.4 Å². The van der Waals surface area contributed by atoms with Crippen LogP contribution in [0, 0.1) is 12.8 Å². The number of benzene rings is 4. The molecule has 196 valence electrons. The van der Waals surface area contributed by atoms with Gasteiger partial charge in [0.2, 0.25) is 0 Å². The van der Waals surface area contributed by atoms with Crippen LogP contribution in [0.4, 0.5) is 5.69 Å². The van der Waals surface area contributed by atoms with Crippen molar-refractivity contribution >= 4 is 33.1 Å². The van der Waals surface area contributed by atoms with Crippen LogP contribution in [0.1, 0.15) is 39.9 Å². The van der Waals surface area contributed by atoms with Crippen molar-refractivity contribution in [3.63, 3.8) is 0 Å². The van der Waals surface area contributed by atoms with Gasteiger partial charge in [-0.05, 0) is 91.8 Å². The van der Waals surface area contributed by atoms with E-state index in [2.05, 4.69) is 72.9 Å². The highest BCUT2D eigenvalue weighted by Crippen LogP contribution is 2.31. The van der Waals surface area contributed by atoms with Gasteiger partial charge in [0.25, 0.3) is 5.91 Å². The van der Waals surface area contributed by atoms with Crippen molar-refractivity contribution in [2.75, 3.05) is 18.4 Å². The van der Waals surface area contributed by atoms with Gasteiger partial charge in [-0.2, -0.15) is 0 Å². The second-order valence-electron chi connectivity index (χ2n) is 10.8. The van der Waals surface area contributed by atoms with Gasteiger partial charge in [-0.15, -0.1) is 11.3 Å². The zero-order chi connectivity index (χ0) is 26.6. The molecule has 6 rings (SSSR count). The normalized spacial score (nSPS) is 17.3. The molecule has 0 radical (unpaired) electrons. The Kier molecular flexibility index (Phi) is 7.53. The third-order valence-electron chi connectivity index (χ3n) is 7.78. The van der Waals surface area contributed by atoms with E-state index in [-0.39, 0.29) is 5.91 Å². The van der Waals surface area contributed by atoms with Crippen LogP contribution in [-0.4, -0.2) is 24.0 Å². The van der Waals surface area contributed by atoms with E-state index in [0.29, 0.717) is 5.56 Å². The Labute approximate surface area is 234 Å². The highest BCUT2D eigenvalue weighted by molar-refractivity contribution is 7.21. The molecule has 0 unspecified atom stereocenters. The number of rotatable bonds is 7. The van der Waals surface area contributed by atoms with Crippen molar-refractivity contribution in [2.24, 2.45) is 5.92 Å². The minimum atomic E-state index is -0.0844. The Morgan fingerprint density at radius 2 is 1.64 bits per heavy atom. The second-order valence-corrected chi connectivity index (χ2v) is 11.8. The minimum Gasteiger partial charge on any atom is -0.331 e. The fourth-order valence-electron chi connectivity index (χ4n) is 5.53. The molecule has 2 N–H and O–H groups in total. The van der Waals surface area contributed by atoms with Crippen molar-refractivity contribution in [2.45, 2.75) is 32.7 Å². The number of aromatic nitrogens is 1. The predicted molar refractivity (Wildman–Crippen MR) is 161 cm³/mol. The topological polar surface area (TPSA) is 46.4 Å². The van der Waals surface area contributed by atoms with Gasteiger partial charge in [0.15, 0.2) is 0 Å². The van der Waals surface area contributed by atoms with E-state index < -0.39 is 0 Å². The van der Waals surface area contributed by atoms with Crippen LogP contribution in [0.2, 0.25) is 0 Å². The molecule has 0 saturated carbocycles. The first kappa shape index (κ1) is 25.5. The summed E-state index contributed by atoms with van der Waals surface area (Å²) in [6.45, 7) is 5.55. The van der Waals surface area contributed by atoms with Gasteiger partial charge < -0.3 is 10.2 Å². The maximum absolute atomic E-state index is 12.9. The summed E-state index contributed by atoms with van der Waals surface area (Å²) in [4.78, 5) is 19.3. The average molecular weight is 533 g/mol. The lowest BCUT2D eigenvalue weighted by molar-refractivity contribution is -0.919. The van der Waals surface area contributed by atoms with E-state index in [1.165, 1.54) is 53.7 Å². The molecular formula is C34H34N3OS+. The number of carbonyl (C=O) groups is 1. The van der Waals surface area contributed by atoms with Gasteiger partial charge in [0.1, 0.15) is 11.6 Å². The fourth-order valence-corrected chi connectivity index (χ4v) is 6.60. The third kappa shape index (κ3) is 6.27. The molecule has 2 heterocycles. The molecule has 0 spiro atoms. The van der Waals surface area contributed by atoms with Crippen molar-refractivity contribution in [1.29, 1.82) is 0 Å². The summed E-state index contributed by atoms with van der Waals surface area (Å²) < 4.78 is 1.19. The lowest BCUT2D eigenvalue weighted by Crippen LogP contribution is -3.11. The molecule has 0 bridgehead atoms. The summed E-state index contributed by atoms with van der Waals surface area (Å²) >= 11 is 1.69. The summed E-state index contributed by atoms with van der Waals surface area (Å²) in [6.07, 6.45) is 3.76. The number of aryl methyl sites for hydroxylation is 1. The maximum atomic E-state index is 12.9. The molecule has 1 saturated heterocycles. The van der Waals surface area contributed by atoms with Gasteiger partial charge in [0.05, 0.1) is 23.3 Å². The van der Waals surface area contributed by atoms with Crippen molar-refractivity contribution in [1.82, 2.24) is 4.98 Å². The number of hydrogen-bond donors (Lipinski definition) is 2. The number of likely N-dealkylation sites (tertiary alicyclic amines) is 1. The molecule has 1 aliphatic rings. The standard InChI is InChI=1S/C34H33N3OS/c1-24-7-16-31-32(21-24)39-34(36-31)29-12-14-30(15-13-29)35-33(38)28-10-8-27(9-11-28)23-37-19-17-26(18-20-37)22-25-5-3-2-4-6-25/h2-16,21,26H,17-20,22-23H2,1H3,(H,35,38)/p+1. The van der Waals surface area contributed by atoms with E-state index in [1.54, 1.807) is 16.2 Å². The molecule has 1 fully saturated rings. The molecule has 5 heteroatoms. The molecule has 1 aliphatic heterocycles. The smallest absolute Gasteiger partial charge is 0.255 e. The quantitative estimate of drug-likeness (QED) is 0.249.